The van der Waals surface area contributed by atoms with Gasteiger partial charge in [0.25, 0.3) is 5.91 Å². The number of carbonyl (C=O) groups excluding carboxylic acids is 3. The Morgan fingerprint density at radius 3 is 2.00 bits per heavy atom. The molecule has 0 bridgehead atoms. The fourth-order valence-electron chi connectivity index (χ4n) is 3.41. The lowest BCUT2D eigenvalue weighted by atomic mass is 9.94. The summed E-state index contributed by atoms with van der Waals surface area (Å²) in [6.07, 6.45) is 0. The molecule has 1 aliphatic heterocycles. The zero-order valence-corrected chi connectivity index (χ0v) is 19.0. The van der Waals surface area contributed by atoms with Crippen molar-refractivity contribution in [1.29, 1.82) is 0 Å². The lowest BCUT2D eigenvalue weighted by Crippen LogP contribution is -2.58. The van der Waals surface area contributed by atoms with E-state index in [0.29, 0.717) is 44.1 Å². The third kappa shape index (κ3) is 5.97. The molecule has 0 spiro atoms. The Morgan fingerprint density at radius 2 is 1.53 bits per heavy atom. The Kier molecular flexibility index (Phi) is 7.87. The summed E-state index contributed by atoms with van der Waals surface area (Å²) in [5, 5.41) is 2.89. The van der Waals surface area contributed by atoms with E-state index in [0.717, 1.165) is 0 Å². The molecular formula is C23H35N3O4. The number of nitrogens with zero attached hydrogens (tertiary/aromatic N) is 2. The first-order valence-electron chi connectivity index (χ1n) is 10.7. The molecule has 1 N–H and O–H groups in total. The normalized spacial score (nSPS) is 15.7. The van der Waals surface area contributed by atoms with Gasteiger partial charge in [-0.25, -0.2) is 0 Å². The van der Waals surface area contributed by atoms with Crippen LogP contribution >= 0.6 is 0 Å². The average molecular weight is 418 g/mol. The van der Waals surface area contributed by atoms with Crippen molar-refractivity contribution in [3.63, 3.8) is 0 Å². The van der Waals surface area contributed by atoms with Crippen molar-refractivity contribution in [3.05, 3.63) is 29.8 Å². The molecule has 0 radical (unpaired) electrons. The molecule has 1 unspecified atom stereocenters. The van der Waals surface area contributed by atoms with Crippen LogP contribution in [0.2, 0.25) is 0 Å². The molecule has 1 saturated heterocycles. The summed E-state index contributed by atoms with van der Waals surface area (Å²) >= 11 is 0. The van der Waals surface area contributed by atoms with Gasteiger partial charge in [-0.15, -0.1) is 0 Å². The number of nitrogens with one attached hydrogen (secondary N) is 1. The Balaban J connectivity index is 2.00. The highest BCUT2D eigenvalue weighted by Gasteiger charge is 2.34. The molecule has 166 valence electrons. The number of benzene rings is 1. The van der Waals surface area contributed by atoms with Crippen molar-refractivity contribution in [2.45, 2.75) is 47.6 Å². The van der Waals surface area contributed by atoms with Gasteiger partial charge in [-0.3, -0.25) is 14.4 Å². The molecule has 1 heterocycles. The largest absolute Gasteiger partial charge is 0.494 e. The number of rotatable bonds is 6. The van der Waals surface area contributed by atoms with Crippen molar-refractivity contribution in [3.8, 4) is 5.75 Å². The van der Waals surface area contributed by atoms with E-state index in [9.17, 15) is 14.4 Å². The minimum Gasteiger partial charge on any atom is -0.494 e. The third-order valence-corrected chi connectivity index (χ3v) is 5.17. The summed E-state index contributed by atoms with van der Waals surface area (Å²) in [5.41, 5.74) is 0.0516. The fraction of sp³-hybridized carbons (Fsp3) is 0.609. The topological polar surface area (TPSA) is 79.0 Å². The molecule has 30 heavy (non-hydrogen) atoms. The molecule has 1 aromatic rings. The Morgan fingerprint density at radius 1 is 1.00 bits per heavy atom. The van der Waals surface area contributed by atoms with Gasteiger partial charge in [0.2, 0.25) is 11.8 Å². The molecular weight excluding hydrogens is 382 g/mol. The quantitative estimate of drug-likeness (QED) is 0.772. The van der Waals surface area contributed by atoms with Crippen LogP contribution in [0.25, 0.3) is 0 Å². The van der Waals surface area contributed by atoms with E-state index in [1.807, 2.05) is 46.4 Å². The van der Waals surface area contributed by atoms with E-state index in [1.54, 1.807) is 29.2 Å². The molecule has 3 amide bonds. The minimum atomic E-state index is -0.617. The highest BCUT2D eigenvalue weighted by molar-refractivity contribution is 5.97. The van der Waals surface area contributed by atoms with E-state index in [-0.39, 0.29) is 23.6 Å². The highest BCUT2D eigenvalue weighted by atomic mass is 16.5. The summed E-state index contributed by atoms with van der Waals surface area (Å²) in [4.78, 5) is 41.8. The summed E-state index contributed by atoms with van der Waals surface area (Å²) in [6, 6.07) is 6.26. The average Bonchev–Trinajstić information content (AvgIpc) is 2.70. The van der Waals surface area contributed by atoms with Gasteiger partial charge in [-0.1, -0.05) is 34.6 Å². The Labute approximate surface area is 179 Å². The Hall–Kier alpha value is -2.57. The lowest BCUT2D eigenvalue weighted by Gasteiger charge is -2.39. The summed E-state index contributed by atoms with van der Waals surface area (Å²) in [7, 11) is 0. The van der Waals surface area contributed by atoms with Crippen molar-refractivity contribution in [1.82, 2.24) is 15.1 Å². The van der Waals surface area contributed by atoms with Crippen LogP contribution in [0.15, 0.2) is 24.3 Å². The molecule has 1 aromatic carbocycles. The first-order valence-corrected chi connectivity index (χ1v) is 10.7. The van der Waals surface area contributed by atoms with Crippen molar-refractivity contribution in [2.24, 2.45) is 11.3 Å². The maximum absolute atomic E-state index is 13.1. The Bertz CT molecular complexity index is 745. The molecule has 0 aliphatic carbocycles. The molecule has 7 nitrogen and oxygen atoms in total. The summed E-state index contributed by atoms with van der Waals surface area (Å²) in [5.74, 6) is 0.351. The minimum absolute atomic E-state index is 0.0571. The van der Waals surface area contributed by atoms with Gasteiger partial charge in [-0.2, -0.15) is 0 Å². The van der Waals surface area contributed by atoms with Crippen LogP contribution in [0, 0.1) is 11.3 Å². The van der Waals surface area contributed by atoms with Crippen LogP contribution < -0.4 is 10.1 Å². The predicted molar refractivity (Wildman–Crippen MR) is 116 cm³/mol. The van der Waals surface area contributed by atoms with Crippen molar-refractivity contribution in [2.75, 3.05) is 32.8 Å². The second kappa shape index (κ2) is 9.96. The second-order valence-electron chi connectivity index (χ2n) is 9.02. The van der Waals surface area contributed by atoms with Gasteiger partial charge in [0.1, 0.15) is 11.8 Å². The van der Waals surface area contributed by atoms with Gasteiger partial charge < -0.3 is 19.9 Å². The van der Waals surface area contributed by atoms with Gasteiger partial charge >= 0.3 is 0 Å². The van der Waals surface area contributed by atoms with E-state index in [1.165, 1.54) is 0 Å². The molecule has 0 aromatic heterocycles. The molecule has 1 aliphatic rings. The molecule has 0 saturated carbocycles. The van der Waals surface area contributed by atoms with E-state index >= 15 is 0 Å². The van der Waals surface area contributed by atoms with E-state index < -0.39 is 11.5 Å². The number of hydrogen-bond donors (Lipinski definition) is 1. The smallest absolute Gasteiger partial charge is 0.251 e. The molecule has 1 atom stereocenters. The number of piperazine rings is 1. The number of carbonyl (C=O) groups is 3. The predicted octanol–water partition coefficient (Wildman–Crippen LogP) is 2.56. The van der Waals surface area contributed by atoms with Gasteiger partial charge in [-0.05, 0) is 37.1 Å². The van der Waals surface area contributed by atoms with E-state index in [4.69, 9.17) is 4.74 Å². The second-order valence-corrected chi connectivity index (χ2v) is 9.02. The number of hydrogen-bond acceptors (Lipinski definition) is 4. The maximum Gasteiger partial charge on any atom is 0.251 e. The van der Waals surface area contributed by atoms with Crippen LogP contribution in [0.1, 0.15) is 51.9 Å². The molecule has 7 heteroatoms. The van der Waals surface area contributed by atoms with Gasteiger partial charge in [0.15, 0.2) is 0 Å². The zero-order chi connectivity index (χ0) is 22.5. The van der Waals surface area contributed by atoms with Crippen LogP contribution in [-0.4, -0.2) is 66.3 Å². The standard InChI is InChI=1S/C23H35N3O4/c1-7-30-18-10-8-17(9-11-18)20(27)24-19(16(2)3)21(28)25-12-14-26(15-13-25)22(29)23(4,5)6/h8-11,16,19H,7,12-15H2,1-6H3,(H,24,27). The SMILES string of the molecule is CCOc1ccc(C(=O)NC(C(=O)N2CCN(C(=O)C(C)(C)C)CC2)C(C)C)cc1. The third-order valence-electron chi connectivity index (χ3n) is 5.17. The first kappa shape index (κ1) is 23.7. The first-order chi connectivity index (χ1) is 14.0. The van der Waals surface area contributed by atoms with Crippen molar-refractivity contribution >= 4 is 17.7 Å². The lowest BCUT2D eigenvalue weighted by molar-refractivity contribution is -0.145. The number of amides is 3. The molecule has 1 fully saturated rings. The van der Waals surface area contributed by atoms with Gasteiger partial charge in [0, 0.05) is 37.2 Å². The van der Waals surface area contributed by atoms with Crippen molar-refractivity contribution < 1.29 is 19.1 Å². The van der Waals surface area contributed by atoms with Crippen LogP contribution in [-0.2, 0) is 9.59 Å². The maximum atomic E-state index is 13.1. The summed E-state index contributed by atoms with van der Waals surface area (Å²) < 4.78 is 5.40. The number of ether oxygens (including phenoxy) is 1. The fourth-order valence-corrected chi connectivity index (χ4v) is 3.41. The van der Waals surface area contributed by atoms with Crippen LogP contribution in [0.4, 0.5) is 0 Å². The monoisotopic (exact) mass is 417 g/mol. The van der Waals surface area contributed by atoms with Gasteiger partial charge in [0.05, 0.1) is 6.61 Å². The molecule has 2 rings (SSSR count). The van der Waals surface area contributed by atoms with E-state index in [2.05, 4.69) is 5.32 Å². The van der Waals surface area contributed by atoms with Crippen LogP contribution in [0.5, 0.6) is 5.75 Å². The summed E-state index contributed by atoms with van der Waals surface area (Å²) in [6.45, 7) is 14.0. The highest BCUT2D eigenvalue weighted by Crippen LogP contribution is 2.19. The van der Waals surface area contributed by atoms with Crippen LogP contribution in [0.3, 0.4) is 0 Å². The zero-order valence-electron chi connectivity index (χ0n) is 19.0.